The number of ether oxygens (including phenoxy) is 4. The highest BCUT2D eigenvalue weighted by Gasteiger charge is 2.30. The molecule has 588 valence electrons. The molecule has 0 spiro atoms. The van der Waals surface area contributed by atoms with Crippen molar-refractivity contribution in [3.05, 3.63) is 0 Å². The van der Waals surface area contributed by atoms with Gasteiger partial charge in [-0.15, -0.1) is 0 Å². The minimum Gasteiger partial charge on any atom is -0.462 e. The van der Waals surface area contributed by atoms with E-state index in [1.54, 1.807) is 0 Å². The molecule has 0 saturated carbocycles. The molecule has 0 amide bonds. The van der Waals surface area contributed by atoms with E-state index in [4.69, 9.17) is 37.0 Å². The third-order valence-electron chi connectivity index (χ3n) is 19.1. The Morgan fingerprint density at radius 2 is 0.515 bits per heavy atom. The zero-order valence-electron chi connectivity index (χ0n) is 64.8. The Morgan fingerprint density at radius 1 is 0.293 bits per heavy atom. The van der Waals surface area contributed by atoms with Crippen LogP contribution in [0.15, 0.2) is 0 Å². The van der Waals surface area contributed by atoms with Crippen LogP contribution in [0.25, 0.3) is 0 Å². The lowest BCUT2D eigenvalue weighted by atomic mass is 9.99. The van der Waals surface area contributed by atoms with Gasteiger partial charge in [-0.1, -0.05) is 369 Å². The van der Waals surface area contributed by atoms with E-state index in [1.807, 2.05) is 0 Å². The number of rotatable bonds is 79. The van der Waals surface area contributed by atoms with Crippen LogP contribution in [0.1, 0.15) is 420 Å². The number of hydrogen-bond donors (Lipinski definition) is 3. The van der Waals surface area contributed by atoms with Gasteiger partial charge >= 0.3 is 39.5 Å². The maximum Gasteiger partial charge on any atom is 0.472 e. The van der Waals surface area contributed by atoms with Crippen LogP contribution >= 0.6 is 15.6 Å². The minimum atomic E-state index is -4.96. The average molecular weight is 1450 g/mol. The summed E-state index contributed by atoms with van der Waals surface area (Å²) in [5, 5.41) is 10.6. The first-order chi connectivity index (χ1) is 47.9. The SMILES string of the molecule is CCCCCCCCCCCCCCCCCCCCCCC(=O)O[C@H](COC(=O)CCCCCCCCCCCCCCCC(C)C)COP(=O)(O)OC[C@@H](O)COP(=O)(O)OC[C@@H](COC(=O)CCCCCCCCCCCCC)OC(=O)CCCCCCCCCCC(C)CC. The topological polar surface area (TPSA) is 237 Å². The Labute approximate surface area is 607 Å². The lowest BCUT2D eigenvalue weighted by molar-refractivity contribution is -0.161. The zero-order valence-corrected chi connectivity index (χ0v) is 66.6. The van der Waals surface area contributed by atoms with Gasteiger partial charge in [-0.2, -0.15) is 0 Å². The fourth-order valence-corrected chi connectivity index (χ4v) is 13.9. The van der Waals surface area contributed by atoms with E-state index < -0.39 is 97.5 Å². The first-order valence-corrected chi connectivity index (χ1v) is 44.5. The summed E-state index contributed by atoms with van der Waals surface area (Å²) in [5.74, 6) is -0.550. The molecule has 0 aromatic rings. The molecule has 0 aliphatic rings. The number of aliphatic hydroxyl groups is 1. The second-order valence-electron chi connectivity index (χ2n) is 29.5. The molecule has 99 heavy (non-hydrogen) atoms. The van der Waals surface area contributed by atoms with Crippen LogP contribution in [0.2, 0.25) is 0 Å². The van der Waals surface area contributed by atoms with Crippen molar-refractivity contribution in [1.82, 2.24) is 0 Å². The summed E-state index contributed by atoms with van der Waals surface area (Å²) < 4.78 is 68.7. The molecule has 0 aliphatic heterocycles. The Kier molecular flexibility index (Phi) is 70.3. The van der Waals surface area contributed by atoms with Crippen LogP contribution in [0.4, 0.5) is 0 Å². The Balaban J connectivity index is 5.23. The molecule has 17 nitrogen and oxygen atoms in total. The Bertz CT molecular complexity index is 1910. The minimum absolute atomic E-state index is 0.105. The van der Waals surface area contributed by atoms with Crippen LogP contribution in [0.5, 0.6) is 0 Å². The van der Waals surface area contributed by atoms with Crippen molar-refractivity contribution < 1.29 is 80.2 Å². The second-order valence-corrected chi connectivity index (χ2v) is 32.4. The van der Waals surface area contributed by atoms with Gasteiger partial charge in [0.25, 0.3) is 0 Å². The molecule has 3 unspecified atom stereocenters. The van der Waals surface area contributed by atoms with Gasteiger partial charge in [0, 0.05) is 25.7 Å². The highest BCUT2D eigenvalue weighted by atomic mass is 31.2. The summed E-state index contributed by atoms with van der Waals surface area (Å²) in [6.45, 7) is 9.64. The first-order valence-electron chi connectivity index (χ1n) is 41.5. The van der Waals surface area contributed by atoms with Gasteiger partial charge in [-0.05, 0) is 37.5 Å². The van der Waals surface area contributed by atoms with Gasteiger partial charge < -0.3 is 33.8 Å². The van der Waals surface area contributed by atoms with E-state index in [9.17, 15) is 43.2 Å². The van der Waals surface area contributed by atoms with Crippen molar-refractivity contribution in [2.75, 3.05) is 39.6 Å². The van der Waals surface area contributed by atoms with Gasteiger partial charge in [0.2, 0.25) is 0 Å². The summed E-state index contributed by atoms with van der Waals surface area (Å²) >= 11 is 0. The normalized spacial score (nSPS) is 14.2. The molecule has 3 N–H and O–H groups in total. The number of esters is 4. The molecule has 0 aromatic heterocycles. The lowest BCUT2D eigenvalue weighted by Gasteiger charge is -2.21. The maximum absolute atomic E-state index is 13.1. The van der Waals surface area contributed by atoms with Crippen LogP contribution in [0.3, 0.4) is 0 Å². The van der Waals surface area contributed by atoms with Gasteiger partial charge in [-0.3, -0.25) is 37.3 Å². The fraction of sp³-hybridized carbons (Fsp3) is 0.950. The quantitative estimate of drug-likeness (QED) is 0.0222. The summed E-state index contributed by atoms with van der Waals surface area (Å²) in [6.07, 6.45) is 61.0. The Morgan fingerprint density at radius 3 is 0.768 bits per heavy atom. The third-order valence-corrected chi connectivity index (χ3v) is 21.0. The van der Waals surface area contributed by atoms with E-state index >= 15 is 0 Å². The molecule has 0 heterocycles. The van der Waals surface area contributed by atoms with Gasteiger partial charge in [-0.25, -0.2) is 9.13 Å². The summed E-state index contributed by atoms with van der Waals surface area (Å²) in [4.78, 5) is 73.0. The van der Waals surface area contributed by atoms with E-state index in [0.29, 0.717) is 25.7 Å². The number of phosphoric ester groups is 2. The maximum atomic E-state index is 13.1. The molecule has 0 fully saturated rings. The fourth-order valence-electron chi connectivity index (χ4n) is 12.3. The molecule has 0 bridgehead atoms. The average Bonchev–Trinajstić information content (AvgIpc) is 2.02. The van der Waals surface area contributed by atoms with Gasteiger partial charge in [0.1, 0.15) is 19.3 Å². The highest BCUT2D eigenvalue weighted by Crippen LogP contribution is 2.45. The van der Waals surface area contributed by atoms with E-state index in [-0.39, 0.29) is 25.7 Å². The Hall–Kier alpha value is -1.94. The van der Waals surface area contributed by atoms with Crippen molar-refractivity contribution in [1.29, 1.82) is 0 Å². The predicted octanol–water partition coefficient (Wildman–Crippen LogP) is 23.9. The lowest BCUT2D eigenvalue weighted by Crippen LogP contribution is -2.30. The molecular weight excluding hydrogens is 1290 g/mol. The second kappa shape index (κ2) is 71.7. The molecule has 0 saturated heterocycles. The number of hydrogen-bond acceptors (Lipinski definition) is 15. The van der Waals surface area contributed by atoms with Crippen LogP contribution in [-0.4, -0.2) is 96.7 Å². The molecule has 0 radical (unpaired) electrons. The molecular formula is C80H156O17P2. The molecule has 6 atom stereocenters. The van der Waals surface area contributed by atoms with E-state index in [0.717, 1.165) is 102 Å². The van der Waals surface area contributed by atoms with Crippen LogP contribution in [0, 0.1) is 11.8 Å². The molecule has 0 aromatic carbocycles. The third kappa shape index (κ3) is 72.8. The van der Waals surface area contributed by atoms with Crippen molar-refractivity contribution >= 4 is 39.5 Å². The smallest absolute Gasteiger partial charge is 0.462 e. The van der Waals surface area contributed by atoms with E-state index in [1.165, 1.54) is 238 Å². The number of aliphatic hydroxyl groups excluding tert-OH is 1. The van der Waals surface area contributed by atoms with Gasteiger partial charge in [0.05, 0.1) is 26.4 Å². The van der Waals surface area contributed by atoms with E-state index in [2.05, 4.69) is 41.5 Å². The zero-order chi connectivity index (χ0) is 72.8. The van der Waals surface area contributed by atoms with Crippen LogP contribution in [-0.2, 0) is 65.4 Å². The van der Waals surface area contributed by atoms with Crippen LogP contribution < -0.4 is 0 Å². The first kappa shape index (κ1) is 97.1. The highest BCUT2D eigenvalue weighted by molar-refractivity contribution is 7.47. The molecule has 19 heteroatoms. The number of carbonyl (C=O) groups is 4. The standard InChI is InChI=1S/C80H156O17P2/c1-7-10-12-14-16-18-20-21-22-23-24-25-26-27-30-35-39-46-52-58-64-79(84)96-75(68-91-78(83)63-57-51-45-38-34-31-28-29-33-36-42-48-54-60-72(4)5)70-94-98(86,87)92-66-74(81)67-93-99(88,89)95-71-76(69-90-77(82)62-56-50-44-37-32-19-17-15-13-11-8-2)97-80(85)65-59-53-47-41-40-43-49-55-61-73(6)9-3/h72-76,81H,7-71H2,1-6H3,(H,86,87)(H,88,89)/t73?,74-,75-,76-/m1/s1. The largest absolute Gasteiger partial charge is 0.472 e. The number of phosphoric acid groups is 2. The number of carbonyl (C=O) groups excluding carboxylic acids is 4. The summed E-state index contributed by atoms with van der Waals surface area (Å²) in [6, 6.07) is 0. The summed E-state index contributed by atoms with van der Waals surface area (Å²) in [7, 11) is -9.92. The number of unbranched alkanes of at least 4 members (excludes halogenated alkanes) is 48. The summed E-state index contributed by atoms with van der Waals surface area (Å²) in [5.41, 5.74) is 0. The molecule has 0 aliphatic carbocycles. The van der Waals surface area contributed by atoms with Crippen molar-refractivity contribution in [2.24, 2.45) is 11.8 Å². The van der Waals surface area contributed by atoms with Crippen molar-refractivity contribution in [2.45, 2.75) is 439 Å². The van der Waals surface area contributed by atoms with Crippen molar-refractivity contribution in [3.63, 3.8) is 0 Å². The molecule has 0 rings (SSSR count). The van der Waals surface area contributed by atoms with Gasteiger partial charge in [0.15, 0.2) is 12.2 Å². The predicted molar refractivity (Wildman–Crippen MR) is 405 cm³/mol. The van der Waals surface area contributed by atoms with Crippen molar-refractivity contribution in [3.8, 4) is 0 Å². The monoisotopic (exact) mass is 1450 g/mol.